The highest BCUT2D eigenvalue weighted by molar-refractivity contribution is 6.32. The average Bonchev–Trinajstić information content (AvgIpc) is 2.57. The van der Waals surface area contributed by atoms with Crippen molar-refractivity contribution in [2.75, 3.05) is 13.7 Å². The molecule has 26 heavy (non-hydrogen) atoms. The summed E-state index contributed by atoms with van der Waals surface area (Å²) in [4.78, 5) is 35.2. The van der Waals surface area contributed by atoms with Gasteiger partial charge >= 0.3 is 17.6 Å². The van der Waals surface area contributed by atoms with Crippen molar-refractivity contribution in [3.05, 3.63) is 38.7 Å². The Balaban J connectivity index is 2.36. The van der Waals surface area contributed by atoms with Crippen LogP contribution in [0.1, 0.15) is 25.0 Å². The lowest BCUT2D eigenvalue weighted by Crippen LogP contribution is -2.19. The molecule has 0 N–H and O–H groups in total. The minimum absolute atomic E-state index is 0.183. The van der Waals surface area contributed by atoms with Crippen LogP contribution < -0.4 is 10.4 Å². The summed E-state index contributed by atoms with van der Waals surface area (Å²) in [6.45, 7) is 4.82. The number of ether oxygens (including phenoxy) is 3. The normalized spacial score (nSPS) is 10.8. The number of carbonyl (C=O) groups is 2. The summed E-state index contributed by atoms with van der Waals surface area (Å²) in [5, 5.41) is 0.793. The zero-order chi connectivity index (χ0) is 19.4. The van der Waals surface area contributed by atoms with Crippen LogP contribution in [0.3, 0.4) is 0 Å². The first-order valence-electron chi connectivity index (χ1n) is 7.87. The molecule has 0 saturated heterocycles. The van der Waals surface area contributed by atoms with E-state index in [1.165, 1.54) is 13.2 Å². The van der Waals surface area contributed by atoms with Gasteiger partial charge in [0.1, 0.15) is 11.3 Å². The van der Waals surface area contributed by atoms with Gasteiger partial charge in [-0.15, -0.1) is 0 Å². The second-order valence-electron chi connectivity index (χ2n) is 5.85. The smallest absolute Gasteiger partial charge is 0.344 e. The first-order valence-corrected chi connectivity index (χ1v) is 8.25. The molecular weight excluding hydrogens is 364 g/mol. The molecule has 0 aliphatic carbocycles. The molecule has 7 nitrogen and oxygen atoms in total. The van der Waals surface area contributed by atoms with Gasteiger partial charge in [-0.05, 0) is 32.4 Å². The van der Waals surface area contributed by atoms with E-state index in [0.29, 0.717) is 10.9 Å². The highest BCUT2D eigenvalue weighted by Gasteiger charge is 2.17. The van der Waals surface area contributed by atoms with Crippen LogP contribution in [0.4, 0.5) is 0 Å². The topological polar surface area (TPSA) is 92.0 Å². The molecular formula is C18H19ClO7. The SMILES string of the molecule is COC(=O)Cc1c(C)c2cc(Cl)c(OCC(=O)OC(C)C)cc2oc1=O. The standard InChI is InChI=1S/C18H19ClO7/c1-9(2)25-17(21)8-24-15-7-14-11(5-13(15)19)10(3)12(18(22)26-14)6-16(20)23-4/h5,7,9H,6,8H2,1-4H3. The van der Waals surface area contributed by atoms with Crippen molar-refractivity contribution in [3.63, 3.8) is 0 Å². The van der Waals surface area contributed by atoms with Gasteiger partial charge in [0.2, 0.25) is 0 Å². The maximum Gasteiger partial charge on any atom is 0.344 e. The van der Waals surface area contributed by atoms with Gasteiger partial charge in [-0.1, -0.05) is 11.6 Å². The Morgan fingerprint density at radius 3 is 2.54 bits per heavy atom. The average molecular weight is 383 g/mol. The van der Waals surface area contributed by atoms with Gasteiger partial charge in [0.15, 0.2) is 6.61 Å². The largest absolute Gasteiger partial charge is 0.480 e. The van der Waals surface area contributed by atoms with Crippen LogP contribution in [0, 0.1) is 6.92 Å². The van der Waals surface area contributed by atoms with Gasteiger partial charge in [0.05, 0.1) is 30.2 Å². The molecule has 8 heteroatoms. The van der Waals surface area contributed by atoms with Gasteiger partial charge in [-0.2, -0.15) is 0 Å². The van der Waals surface area contributed by atoms with Crippen LogP contribution in [-0.2, 0) is 25.5 Å². The maximum atomic E-state index is 12.2. The third-order valence-corrected chi connectivity index (χ3v) is 3.90. The molecule has 0 atom stereocenters. The van der Waals surface area contributed by atoms with Crippen molar-refractivity contribution >= 4 is 34.5 Å². The number of aryl methyl sites for hydroxylation is 1. The summed E-state index contributed by atoms with van der Waals surface area (Å²) in [6.07, 6.45) is -0.454. The highest BCUT2D eigenvalue weighted by atomic mass is 35.5. The van der Waals surface area contributed by atoms with E-state index >= 15 is 0 Å². The monoisotopic (exact) mass is 382 g/mol. The molecule has 0 aliphatic heterocycles. The van der Waals surface area contributed by atoms with Crippen LogP contribution in [0.2, 0.25) is 5.02 Å². The van der Waals surface area contributed by atoms with Crippen molar-refractivity contribution < 1.29 is 28.2 Å². The molecule has 0 unspecified atom stereocenters. The van der Waals surface area contributed by atoms with Gasteiger partial charge in [0, 0.05) is 11.5 Å². The van der Waals surface area contributed by atoms with Crippen LogP contribution in [0.15, 0.2) is 21.3 Å². The van der Waals surface area contributed by atoms with Crippen molar-refractivity contribution in [1.29, 1.82) is 0 Å². The fourth-order valence-electron chi connectivity index (χ4n) is 2.35. The lowest BCUT2D eigenvalue weighted by molar-refractivity contribution is -0.149. The van der Waals surface area contributed by atoms with Crippen LogP contribution in [0.25, 0.3) is 11.0 Å². The number of halogens is 1. The van der Waals surface area contributed by atoms with E-state index in [2.05, 4.69) is 4.74 Å². The number of hydrogen-bond donors (Lipinski definition) is 0. The second kappa shape index (κ2) is 8.23. The minimum Gasteiger partial charge on any atom is -0.480 e. The molecule has 0 bridgehead atoms. The van der Waals surface area contributed by atoms with E-state index in [4.69, 9.17) is 25.5 Å². The number of methoxy groups -OCH3 is 1. The summed E-state index contributed by atoms with van der Waals surface area (Å²) in [7, 11) is 1.24. The number of carbonyl (C=O) groups excluding carboxylic acids is 2. The molecule has 1 heterocycles. The summed E-state index contributed by atoms with van der Waals surface area (Å²) >= 11 is 6.20. The summed E-state index contributed by atoms with van der Waals surface area (Å²) in [6, 6.07) is 2.98. The van der Waals surface area contributed by atoms with E-state index in [9.17, 15) is 14.4 Å². The predicted molar refractivity (Wildman–Crippen MR) is 94.7 cm³/mol. The predicted octanol–water partition coefficient (Wildman–Crippen LogP) is 2.80. The van der Waals surface area contributed by atoms with Gasteiger partial charge in [0.25, 0.3) is 0 Å². The summed E-state index contributed by atoms with van der Waals surface area (Å²) < 4.78 is 20.2. The number of hydrogen-bond acceptors (Lipinski definition) is 7. The molecule has 140 valence electrons. The van der Waals surface area contributed by atoms with E-state index in [1.54, 1.807) is 26.8 Å². The molecule has 0 aliphatic rings. The Bertz CT molecular complexity index is 899. The van der Waals surface area contributed by atoms with E-state index in [1.807, 2.05) is 0 Å². The van der Waals surface area contributed by atoms with Crippen molar-refractivity contribution in [2.24, 2.45) is 0 Å². The third kappa shape index (κ3) is 4.54. The summed E-state index contributed by atoms with van der Waals surface area (Å²) in [5.41, 5.74) is 0.356. The molecule has 0 amide bonds. The zero-order valence-corrected chi connectivity index (χ0v) is 15.6. The Kier molecular flexibility index (Phi) is 6.26. The number of benzene rings is 1. The molecule has 2 rings (SSSR count). The Morgan fingerprint density at radius 2 is 1.92 bits per heavy atom. The van der Waals surface area contributed by atoms with Crippen molar-refractivity contribution in [3.8, 4) is 5.75 Å². The molecule has 0 fully saturated rings. The van der Waals surface area contributed by atoms with E-state index in [0.717, 1.165) is 0 Å². The lowest BCUT2D eigenvalue weighted by Gasteiger charge is -2.12. The molecule has 2 aromatic rings. The van der Waals surface area contributed by atoms with E-state index < -0.39 is 17.6 Å². The molecule has 0 saturated carbocycles. The first kappa shape index (κ1) is 19.8. The first-order chi connectivity index (χ1) is 12.2. The van der Waals surface area contributed by atoms with Gasteiger partial charge < -0.3 is 18.6 Å². The van der Waals surface area contributed by atoms with E-state index in [-0.39, 0.29) is 41.1 Å². The Labute approximate surface area is 154 Å². The van der Waals surface area contributed by atoms with Gasteiger partial charge in [-0.3, -0.25) is 4.79 Å². The number of rotatable bonds is 6. The van der Waals surface area contributed by atoms with Crippen LogP contribution in [-0.4, -0.2) is 31.8 Å². The number of esters is 2. The fraction of sp³-hybridized carbons (Fsp3) is 0.389. The summed E-state index contributed by atoms with van der Waals surface area (Å²) in [5.74, 6) is -0.903. The molecule has 1 aromatic heterocycles. The van der Waals surface area contributed by atoms with Crippen molar-refractivity contribution in [2.45, 2.75) is 33.3 Å². The maximum absolute atomic E-state index is 12.2. The third-order valence-electron chi connectivity index (χ3n) is 3.60. The van der Waals surface area contributed by atoms with Gasteiger partial charge in [-0.25, -0.2) is 9.59 Å². The molecule has 0 spiro atoms. The zero-order valence-electron chi connectivity index (χ0n) is 14.9. The molecule has 0 radical (unpaired) electrons. The highest BCUT2D eigenvalue weighted by Crippen LogP contribution is 2.32. The fourth-order valence-corrected chi connectivity index (χ4v) is 2.57. The minimum atomic E-state index is -0.645. The second-order valence-corrected chi connectivity index (χ2v) is 6.26. The number of fused-ring (bicyclic) bond motifs is 1. The Morgan fingerprint density at radius 1 is 1.23 bits per heavy atom. The Hall–Kier alpha value is -2.54. The lowest BCUT2D eigenvalue weighted by atomic mass is 10.0. The van der Waals surface area contributed by atoms with Crippen molar-refractivity contribution in [1.82, 2.24) is 0 Å². The van der Waals surface area contributed by atoms with Crippen LogP contribution in [0.5, 0.6) is 5.75 Å². The molecule has 1 aromatic carbocycles. The quantitative estimate of drug-likeness (QED) is 0.560. The van der Waals surface area contributed by atoms with Crippen LogP contribution >= 0.6 is 11.6 Å².